The molecular formula is C24H25N3O5S2. The minimum absolute atomic E-state index is 0.114. The molecule has 0 aromatic heterocycles. The molecule has 1 atom stereocenters. The Kier molecular flexibility index (Phi) is 6.37. The Bertz CT molecular complexity index is 1420. The molecule has 3 aromatic carbocycles. The molecule has 4 rings (SSSR count). The van der Waals surface area contributed by atoms with Crippen molar-refractivity contribution < 1.29 is 21.6 Å². The van der Waals surface area contributed by atoms with Crippen LogP contribution in [0.15, 0.2) is 82.8 Å². The third kappa shape index (κ3) is 5.07. The molecule has 0 radical (unpaired) electrons. The molecule has 0 saturated heterocycles. The molecule has 0 amide bonds. The third-order valence-corrected chi connectivity index (χ3v) is 7.76. The van der Waals surface area contributed by atoms with E-state index in [9.17, 15) is 16.8 Å². The van der Waals surface area contributed by atoms with E-state index in [1.807, 2.05) is 31.2 Å². The summed E-state index contributed by atoms with van der Waals surface area (Å²) in [5.41, 5.74) is 3.62. The summed E-state index contributed by atoms with van der Waals surface area (Å²) in [4.78, 5) is 0.114. The Morgan fingerprint density at radius 2 is 1.53 bits per heavy atom. The highest BCUT2D eigenvalue weighted by Gasteiger charge is 2.37. The molecule has 10 heteroatoms. The van der Waals surface area contributed by atoms with Crippen LogP contribution in [0.25, 0.3) is 0 Å². The molecule has 1 heterocycles. The van der Waals surface area contributed by atoms with Crippen LogP contribution in [0.5, 0.6) is 5.75 Å². The van der Waals surface area contributed by atoms with Gasteiger partial charge in [-0.05, 0) is 54.4 Å². The van der Waals surface area contributed by atoms with Crippen molar-refractivity contribution in [2.24, 2.45) is 5.10 Å². The Hall–Kier alpha value is -3.37. The van der Waals surface area contributed by atoms with Crippen molar-refractivity contribution >= 4 is 31.4 Å². The quantitative estimate of drug-likeness (QED) is 0.531. The summed E-state index contributed by atoms with van der Waals surface area (Å²) in [5, 5.41) is 4.53. The molecule has 1 unspecified atom stereocenters. The van der Waals surface area contributed by atoms with E-state index in [1.54, 1.807) is 36.4 Å². The van der Waals surface area contributed by atoms with E-state index in [4.69, 9.17) is 4.74 Å². The first-order chi connectivity index (χ1) is 16.1. The zero-order chi connectivity index (χ0) is 24.5. The van der Waals surface area contributed by atoms with Gasteiger partial charge in [-0.1, -0.05) is 42.0 Å². The summed E-state index contributed by atoms with van der Waals surface area (Å²) in [5.74, 6) is 0.558. The van der Waals surface area contributed by atoms with Gasteiger partial charge in [-0.2, -0.15) is 17.9 Å². The molecule has 0 fully saturated rings. The zero-order valence-electron chi connectivity index (χ0n) is 19.0. The largest absolute Gasteiger partial charge is 0.497 e. The zero-order valence-corrected chi connectivity index (χ0v) is 20.6. The van der Waals surface area contributed by atoms with Crippen LogP contribution in [0.3, 0.4) is 0 Å². The number of hydrazone groups is 1. The fraction of sp³-hybridized carbons (Fsp3) is 0.208. The van der Waals surface area contributed by atoms with Crippen LogP contribution >= 0.6 is 0 Å². The number of anilines is 1. The molecule has 34 heavy (non-hydrogen) atoms. The molecule has 1 N–H and O–H groups in total. The van der Waals surface area contributed by atoms with Gasteiger partial charge in [-0.15, -0.1) is 0 Å². The van der Waals surface area contributed by atoms with Crippen molar-refractivity contribution in [3.05, 3.63) is 89.5 Å². The number of aryl methyl sites for hydroxylation is 1. The van der Waals surface area contributed by atoms with Gasteiger partial charge in [0.1, 0.15) is 5.75 Å². The summed E-state index contributed by atoms with van der Waals surface area (Å²) in [6, 6.07) is 20.1. The second-order valence-electron chi connectivity index (χ2n) is 8.08. The van der Waals surface area contributed by atoms with E-state index < -0.39 is 26.1 Å². The average Bonchev–Trinajstić information content (AvgIpc) is 3.25. The second kappa shape index (κ2) is 9.11. The van der Waals surface area contributed by atoms with Crippen LogP contribution < -0.4 is 9.46 Å². The average molecular weight is 500 g/mol. The summed E-state index contributed by atoms with van der Waals surface area (Å²) in [7, 11) is -5.83. The summed E-state index contributed by atoms with van der Waals surface area (Å²) in [6.07, 6.45) is 1.45. The van der Waals surface area contributed by atoms with Crippen LogP contribution in [0, 0.1) is 6.92 Å². The molecule has 3 aromatic rings. The van der Waals surface area contributed by atoms with E-state index in [-0.39, 0.29) is 4.90 Å². The molecule has 178 valence electrons. The number of benzene rings is 3. The third-order valence-electron chi connectivity index (χ3n) is 5.46. The number of sulfonamides is 2. The molecule has 1 aliphatic heterocycles. The van der Waals surface area contributed by atoms with Gasteiger partial charge in [0.05, 0.1) is 30.0 Å². The highest BCUT2D eigenvalue weighted by Crippen LogP contribution is 2.37. The highest BCUT2D eigenvalue weighted by molar-refractivity contribution is 7.92. The van der Waals surface area contributed by atoms with E-state index in [0.717, 1.165) is 21.8 Å². The number of methoxy groups -OCH3 is 1. The smallest absolute Gasteiger partial charge is 0.279 e. The molecule has 0 bridgehead atoms. The first-order valence-electron chi connectivity index (χ1n) is 10.5. The van der Waals surface area contributed by atoms with E-state index in [1.165, 1.54) is 19.2 Å². The lowest BCUT2D eigenvalue weighted by atomic mass is 9.98. The number of nitrogens with zero attached hydrogens (tertiary/aromatic N) is 2. The number of ether oxygens (including phenoxy) is 1. The maximum absolute atomic E-state index is 13.6. The van der Waals surface area contributed by atoms with Crippen LogP contribution in [0.2, 0.25) is 0 Å². The molecule has 8 nitrogen and oxygen atoms in total. The first kappa shape index (κ1) is 23.8. The maximum Gasteiger partial charge on any atom is 0.279 e. The van der Waals surface area contributed by atoms with Crippen molar-refractivity contribution in [1.29, 1.82) is 0 Å². The minimum Gasteiger partial charge on any atom is -0.497 e. The predicted molar refractivity (Wildman–Crippen MR) is 132 cm³/mol. The van der Waals surface area contributed by atoms with Crippen molar-refractivity contribution in [2.45, 2.75) is 24.3 Å². The topological polar surface area (TPSA) is 105 Å². The van der Waals surface area contributed by atoms with Gasteiger partial charge in [0, 0.05) is 12.1 Å². The number of rotatable bonds is 7. The number of hydrogen-bond acceptors (Lipinski definition) is 6. The normalized spacial score (nSPS) is 16.3. The molecule has 1 aliphatic rings. The van der Waals surface area contributed by atoms with Crippen LogP contribution in [-0.2, 0) is 20.0 Å². The summed E-state index contributed by atoms with van der Waals surface area (Å²) < 4.78 is 58.8. The lowest BCUT2D eigenvalue weighted by molar-refractivity contribution is 0.371. The minimum atomic E-state index is -3.95. The Morgan fingerprint density at radius 1 is 0.912 bits per heavy atom. The fourth-order valence-electron chi connectivity index (χ4n) is 3.72. The lowest BCUT2D eigenvalue weighted by Crippen LogP contribution is -2.27. The summed E-state index contributed by atoms with van der Waals surface area (Å²) in [6.45, 7) is 1.97. The fourth-order valence-corrected chi connectivity index (χ4v) is 5.72. The van der Waals surface area contributed by atoms with Crippen molar-refractivity contribution in [2.75, 3.05) is 18.1 Å². The van der Waals surface area contributed by atoms with Crippen LogP contribution in [0.1, 0.15) is 29.2 Å². The molecular weight excluding hydrogens is 474 g/mol. The monoisotopic (exact) mass is 499 g/mol. The Labute approximate surface area is 200 Å². The van der Waals surface area contributed by atoms with Crippen molar-refractivity contribution in [3.63, 3.8) is 0 Å². The van der Waals surface area contributed by atoms with E-state index in [0.29, 0.717) is 29.1 Å². The van der Waals surface area contributed by atoms with Crippen LogP contribution in [-0.4, -0.2) is 40.3 Å². The van der Waals surface area contributed by atoms with Gasteiger partial charge < -0.3 is 4.74 Å². The van der Waals surface area contributed by atoms with Gasteiger partial charge >= 0.3 is 0 Å². The van der Waals surface area contributed by atoms with E-state index >= 15 is 0 Å². The predicted octanol–water partition coefficient (Wildman–Crippen LogP) is 3.92. The van der Waals surface area contributed by atoms with Gasteiger partial charge in [0.15, 0.2) is 0 Å². The van der Waals surface area contributed by atoms with Crippen molar-refractivity contribution in [1.82, 2.24) is 4.41 Å². The van der Waals surface area contributed by atoms with Crippen LogP contribution in [0.4, 0.5) is 5.69 Å². The summed E-state index contributed by atoms with van der Waals surface area (Å²) >= 11 is 0. The van der Waals surface area contributed by atoms with Gasteiger partial charge in [-0.3, -0.25) is 4.72 Å². The number of nitrogens with one attached hydrogen (secondary N) is 1. The molecule has 0 spiro atoms. The van der Waals surface area contributed by atoms with Crippen molar-refractivity contribution in [3.8, 4) is 5.75 Å². The van der Waals surface area contributed by atoms with Gasteiger partial charge in [0.2, 0.25) is 10.0 Å². The molecule has 0 saturated carbocycles. The van der Waals surface area contributed by atoms with Gasteiger partial charge in [0.25, 0.3) is 10.0 Å². The Morgan fingerprint density at radius 3 is 2.09 bits per heavy atom. The first-order valence-corrected chi connectivity index (χ1v) is 13.8. The molecule has 0 aliphatic carbocycles. The standard InChI is InChI=1S/C24H25N3O5S2/c1-17-4-6-19(7-5-17)24-16-23(18-8-10-20(11-9-18)26-33(3,28)29)25-27(24)34(30,31)22-14-12-21(32-2)13-15-22/h4-15,24,26H,16H2,1-3H3. The maximum atomic E-state index is 13.6. The highest BCUT2D eigenvalue weighted by atomic mass is 32.2. The lowest BCUT2D eigenvalue weighted by Gasteiger charge is -2.23. The van der Waals surface area contributed by atoms with E-state index in [2.05, 4.69) is 9.82 Å². The second-order valence-corrected chi connectivity index (χ2v) is 11.6. The number of hydrogen-bond donors (Lipinski definition) is 1. The Balaban J connectivity index is 1.72. The SMILES string of the molecule is COc1ccc(S(=O)(=O)N2N=C(c3ccc(NS(C)(=O)=O)cc3)CC2c2ccc(C)cc2)cc1. The van der Waals surface area contributed by atoms with Gasteiger partial charge in [-0.25, -0.2) is 8.42 Å².